The summed E-state index contributed by atoms with van der Waals surface area (Å²) in [5, 5.41) is 0. The second-order valence-electron chi connectivity index (χ2n) is 4.79. The van der Waals surface area contributed by atoms with Gasteiger partial charge in [0, 0.05) is 13.2 Å². The Hall–Kier alpha value is -0.0400. The van der Waals surface area contributed by atoms with Crippen molar-refractivity contribution in [3.05, 3.63) is 0 Å². The SMILES string of the molecule is CCCCCCCCCOCCCCCC. The Kier molecular flexibility index (Phi) is 14.9. The van der Waals surface area contributed by atoms with E-state index in [2.05, 4.69) is 13.8 Å². The fourth-order valence-corrected chi connectivity index (χ4v) is 1.89. The molecule has 0 aromatic carbocycles. The zero-order valence-electron chi connectivity index (χ0n) is 11.6. The Morgan fingerprint density at radius 1 is 0.500 bits per heavy atom. The Morgan fingerprint density at radius 3 is 1.38 bits per heavy atom. The van der Waals surface area contributed by atoms with Gasteiger partial charge in [-0.1, -0.05) is 71.6 Å². The molecule has 0 saturated carbocycles. The molecule has 0 N–H and O–H groups in total. The van der Waals surface area contributed by atoms with Crippen molar-refractivity contribution in [2.75, 3.05) is 13.2 Å². The van der Waals surface area contributed by atoms with E-state index in [0.717, 1.165) is 13.2 Å². The summed E-state index contributed by atoms with van der Waals surface area (Å²) in [5.74, 6) is 0. The lowest BCUT2D eigenvalue weighted by atomic mass is 10.1. The maximum absolute atomic E-state index is 5.61. The first-order valence-corrected chi connectivity index (χ1v) is 7.49. The van der Waals surface area contributed by atoms with Gasteiger partial charge in [-0.05, 0) is 12.8 Å². The summed E-state index contributed by atoms with van der Waals surface area (Å²) in [6.45, 7) is 6.49. The molecule has 1 heteroatoms. The van der Waals surface area contributed by atoms with Crippen LogP contribution in [-0.4, -0.2) is 13.2 Å². The third kappa shape index (κ3) is 14.0. The molecule has 0 saturated heterocycles. The molecule has 0 unspecified atom stereocenters. The molecule has 0 rings (SSSR count). The van der Waals surface area contributed by atoms with Crippen molar-refractivity contribution in [2.24, 2.45) is 0 Å². The van der Waals surface area contributed by atoms with E-state index in [1.807, 2.05) is 0 Å². The van der Waals surface area contributed by atoms with Crippen LogP contribution in [0.4, 0.5) is 0 Å². The summed E-state index contributed by atoms with van der Waals surface area (Å²) in [4.78, 5) is 0. The van der Waals surface area contributed by atoms with Gasteiger partial charge < -0.3 is 4.74 Å². The predicted molar refractivity (Wildman–Crippen MR) is 73.0 cm³/mol. The van der Waals surface area contributed by atoms with Crippen LogP contribution < -0.4 is 0 Å². The van der Waals surface area contributed by atoms with Gasteiger partial charge in [-0.25, -0.2) is 0 Å². The summed E-state index contributed by atoms with van der Waals surface area (Å²) < 4.78 is 5.61. The van der Waals surface area contributed by atoms with Gasteiger partial charge in [0.25, 0.3) is 0 Å². The van der Waals surface area contributed by atoms with Crippen molar-refractivity contribution in [3.8, 4) is 0 Å². The van der Waals surface area contributed by atoms with Crippen molar-refractivity contribution >= 4 is 0 Å². The summed E-state index contributed by atoms with van der Waals surface area (Å²) in [6.07, 6.45) is 14.9. The van der Waals surface area contributed by atoms with Crippen LogP contribution in [0, 0.1) is 0 Å². The smallest absolute Gasteiger partial charge is 0.0466 e. The number of hydrogen-bond donors (Lipinski definition) is 0. The zero-order valence-corrected chi connectivity index (χ0v) is 11.6. The highest BCUT2D eigenvalue weighted by Gasteiger charge is 1.92. The zero-order chi connectivity index (χ0) is 11.9. The largest absolute Gasteiger partial charge is 0.381 e. The highest BCUT2D eigenvalue weighted by atomic mass is 16.5. The van der Waals surface area contributed by atoms with E-state index in [1.165, 1.54) is 70.6 Å². The van der Waals surface area contributed by atoms with Crippen LogP contribution in [-0.2, 0) is 4.74 Å². The molecule has 0 aliphatic heterocycles. The molecule has 0 aliphatic carbocycles. The molecule has 16 heavy (non-hydrogen) atoms. The molecule has 0 aromatic rings. The lowest BCUT2D eigenvalue weighted by molar-refractivity contribution is 0.125. The molecule has 98 valence electrons. The predicted octanol–water partition coefficient (Wildman–Crippen LogP) is 5.33. The van der Waals surface area contributed by atoms with E-state index < -0.39 is 0 Å². The maximum Gasteiger partial charge on any atom is 0.0466 e. The van der Waals surface area contributed by atoms with Gasteiger partial charge in [-0.15, -0.1) is 0 Å². The molecular weight excluding hydrogens is 196 g/mol. The molecule has 0 fully saturated rings. The Balaban J connectivity index is 2.83. The van der Waals surface area contributed by atoms with E-state index in [-0.39, 0.29) is 0 Å². The minimum atomic E-state index is 0.982. The van der Waals surface area contributed by atoms with Gasteiger partial charge in [0.1, 0.15) is 0 Å². The van der Waals surface area contributed by atoms with Crippen LogP contribution in [0.5, 0.6) is 0 Å². The van der Waals surface area contributed by atoms with Crippen molar-refractivity contribution < 1.29 is 4.74 Å². The second-order valence-corrected chi connectivity index (χ2v) is 4.79. The van der Waals surface area contributed by atoms with Crippen LogP contribution in [0.15, 0.2) is 0 Å². The molecule has 0 radical (unpaired) electrons. The first-order valence-electron chi connectivity index (χ1n) is 7.49. The molecule has 0 amide bonds. The van der Waals surface area contributed by atoms with Crippen molar-refractivity contribution in [1.29, 1.82) is 0 Å². The normalized spacial score (nSPS) is 10.9. The van der Waals surface area contributed by atoms with Crippen molar-refractivity contribution in [2.45, 2.75) is 84.5 Å². The van der Waals surface area contributed by atoms with Crippen molar-refractivity contribution in [3.63, 3.8) is 0 Å². The molecule has 0 aliphatic rings. The molecule has 0 aromatic heterocycles. The van der Waals surface area contributed by atoms with E-state index in [1.54, 1.807) is 0 Å². The minimum absolute atomic E-state index is 0.982. The lowest BCUT2D eigenvalue weighted by Gasteiger charge is -2.04. The highest BCUT2D eigenvalue weighted by Crippen LogP contribution is 2.07. The van der Waals surface area contributed by atoms with Crippen LogP contribution in [0.25, 0.3) is 0 Å². The summed E-state index contributed by atoms with van der Waals surface area (Å²) in [5.41, 5.74) is 0. The monoisotopic (exact) mass is 228 g/mol. The number of ether oxygens (including phenoxy) is 1. The fraction of sp³-hybridized carbons (Fsp3) is 1.00. The fourth-order valence-electron chi connectivity index (χ4n) is 1.89. The molecule has 1 nitrogen and oxygen atoms in total. The van der Waals surface area contributed by atoms with Crippen LogP contribution in [0.1, 0.15) is 84.5 Å². The van der Waals surface area contributed by atoms with Gasteiger partial charge in [-0.2, -0.15) is 0 Å². The Bertz CT molecular complexity index is 98.0. The van der Waals surface area contributed by atoms with Gasteiger partial charge in [0.15, 0.2) is 0 Å². The first-order chi connectivity index (χ1) is 7.91. The lowest BCUT2D eigenvalue weighted by Crippen LogP contribution is -1.97. The standard InChI is InChI=1S/C15H32O/c1-3-5-7-9-10-11-13-15-16-14-12-8-6-4-2/h3-15H2,1-2H3. The number of unbranched alkanes of at least 4 members (excludes halogenated alkanes) is 9. The van der Waals surface area contributed by atoms with Crippen LogP contribution >= 0.6 is 0 Å². The van der Waals surface area contributed by atoms with Crippen molar-refractivity contribution in [1.82, 2.24) is 0 Å². The molecule has 0 atom stereocenters. The van der Waals surface area contributed by atoms with Crippen LogP contribution in [0.2, 0.25) is 0 Å². The van der Waals surface area contributed by atoms with Gasteiger partial charge >= 0.3 is 0 Å². The minimum Gasteiger partial charge on any atom is -0.381 e. The number of rotatable bonds is 13. The Labute approximate surface area is 103 Å². The topological polar surface area (TPSA) is 9.23 Å². The van der Waals surface area contributed by atoms with Crippen LogP contribution in [0.3, 0.4) is 0 Å². The van der Waals surface area contributed by atoms with E-state index in [9.17, 15) is 0 Å². The summed E-state index contributed by atoms with van der Waals surface area (Å²) in [7, 11) is 0. The highest BCUT2D eigenvalue weighted by molar-refractivity contribution is 4.45. The summed E-state index contributed by atoms with van der Waals surface area (Å²) in [6, 6.07) is 0. The maximum atomic E-state index is 5.61. The third-order valence-electron chi connectivity index (χ3n) is 3.03. The third-order valence-corrected chi connectivity index (χ3v) is 3.03. The quantitative estimate of drug-likeness (QED) is 0.387. The van der Waals surface area contributed by atoms with Gasteiger partial charge in [0.2, 0.25) is 0 Å². The van der Waals surface area contributed by atoms with E-state index in [4.69, 9.17) is 4.74 Å². The van der Waals surface area contributed by atoms with E-state index >= 15 is 0 Å². The second kappa shape index (κ2) is 15.0. The van der Waals surface area contributed by atoms with Gasteiger partial charge in [0.05, 0.1) is 0 Å². The Morgan fingerprint density at radius 2 is 0.875 bits per heavy atom. The number of hydrogen-bond acceptors (Lipinski definition) is 1. The average molecular weight is 228 g/mol. The molecule has 0 bridgehead atoms. The molecule has 0 spiro atoms. The van der Waals surface area contributed by atoms with E-state index in [0.29, 0.717) is 0 Å². The van der Waals surface area contributed by atoms with Gasteiger partial charge in [-0.3, -0.25) is 0 Å². The average Bonchev–Trinajstić information content (AvgIpc) is 2.31. The molecule has 0 heterocycles. The summed E-state index contributed by atoms with van der Waals surface area (Å²) >= 11 is 0. The first kappa shape index (κ1) is 16.0. The molecular formula is C15H32O.